The summed E-state index contributed by atoms with van der Waals surface area (Å²) in [7, 11) is 0. The van der Waals surface area contributed by atoms with Crippen molar-refractivity contribution in [1.82, 2.24) is 5.06 Å². The summed E-state index contributed by atoms with van der Waals surface area (Å²) in [6.07, 6.45) is -3.28. The average molecular weight is 365 g/mol. The minimum absolute atomic E-state index is 0.0678. The van der Waals surface area contributed by atoms with Gasteiger partial charge < -0.3 is 29.2 Å². The van der Waals surface area contributed by atoms with Gasteiger partial charge in [0.15, 0.2) is 17.7 Å². The van der Waals surface area contributed by atoms with Gasteiger partial charge in [-0.15, -0.1) is 0 Å². The molecule has 0 saturated carbocycles. The van der Waals surface area contributed by atoms with E-state index >= 15 is 0 Å². The summed E-state index contributed by atoms with van der Waals surface area (Å²) in [5.74, 6) is -0.743. The average Bonchev–Trinajstić information content (AvgIpc) is 3.14. The first kappa shape index (κ1) is 17.0. The van der Waals surface area contributed by atoms with Crippen LogP contribution in [0.5, 0.6) is 0 Å². The van der Waals surface area contributed by atoms with Crippen molar-refractivity contribution >= 4 is 0 Å². The largest absolute Gasteiger partial charge is 0.380 e. The molecule has 8 nitrogen and oxygen atoms in total. The summed E-state index contributed by atoms with van der Waals surface area (Å²) >= 11 is 0. The Morgan fingerprint density at radius 3 is 2.65 bits per heavy atom. The fourth-order valence-electron chi connectivity index (χ4n) is 4.36. The highest BCUT2D eigenvalue weighted by Gasteiger charge is 2.68. The van der Waals surface area contributed by atoms with Gasteiger partial charge in [0.05, 0.1) is 6.61 Å². The Balaban J connectivity index is 1.43. The maximum Gasteiger partial charge on any atom is 0.208 e. The fourth-order valence-corrected chi connectivity index (χ4v) is 4.36. The van der Waals surface area contributed by atoms with Crippen LogP contribution in [-0.2, 0) is 30.3 Å². The molecule has 0 bridgehead atoms. The van der Waals surface area contributed by atoms with E-state index < -0.39 is 42.2 Å². The quantitative estimate of drug-likeness (QED) is 0.764. The molecule has 4 saturated heterocycles. The molecule has 4 aliphatic heterocycles. The summed E-state index contributed by atoms with van der Waals surface area (Å²) in [5, 5.41) is 23.0. The molecule has 0 aromatic heterocycles. The highest BCUT2D eigenvalue weighted by atomic mass is 16.8. The summed E-state index contributed by atoms with van der Waals surface area (Å²) in [4.78, 5) is 5.58. The lowest BCUT2D eigenvalue weighted by Crippen LogP contribution is -2.65. The van der Waals surface area contributed by atoms with Gasteiger partial charge in [0.25, 0.3) is 0 Å². The standard InChI is InChI=1S/C18H23NO7/c1-17(2)24-13-11-12(23-15(13)25-17)14-18(21,9-22-11)16(20)26-19(14)8-10-6-4-3-5-7-10/h3-7,11-16,20-21H,8-9H2,1-2H3/t11-,12+,13-,14-,15-,16?,18-/m1/s1. The van der Waals surface area contributed by atoms with Crippen LogP contribution in [0.25, 0.3) is 0 Å². The van der Waals surface area contributed by atoms with Gasteiger partial charge in [0.2, 0.25) is 6.29 Å². The molecule has 4 fully saturated rings. The molecule has 1 aromatic carbocycles. The number of aliphatic hydroxyl groups is 2. The normalized spacial score (nSPS) is 46.8. The zero-order valence-electron chi connectivity index (χ0n) is 14.6. The number of hydrogen-bond acceptors (Lipinski definition) is 8. The number of rotatable bonds is 2. The molecular weight excluding hydrogens is 342 g/mol. The van der Waals surface area contributed by atoms with Crippen molar-refractivity contribution in [3.05, 3.63) is 35.9 Å². The van der Waals surface area contributed by atoms with E-state index in [0.29, 0.717) is 6.54 Å². The lowest BCUT2D eigenvalue weighted by Gasteiger charge is -2.43. The fraction of sp³-hybridized carbons (Fsp3) is 0.667. The number of ether oxygens (including phenoxy) is 4. The highest BCUT2D eigenvalue weighted by Crippen LogP contribution is 2.47. The number of hydroxylamine groups is 2. The smallest absolute Gasteiger partial charge is 0.208 e. The molecule has 0 spiro atoms. The second-order valence-corrected chi connectivity index (χ2v) is 7.80. The number of fused-ring (bicyclic) bond motifs is 5. The highest BCUT2D eigenvalue weighted by molar-refractivity contribution is 5.17. The van der Waals surface area contributed by atoms with Crippen molar-refractivity contribution in [3.8, 4) is 0 Å². The van der Waals surface area contributed by atoms with Crippen LogP contribution in [0.4, 0.5) is 0 Å². The van der Waals surface area contributed by atoms with E-state index in [0.717, 1.165) is 5.56 Å². The summed E-state index contributed by atoms with van der Waals surface area (Å²) in [6.45, 7) is 3.99. The van der Waals surface area contributed by atoms with E-state index in [4.69, 9.17) is 23.8 Å². The third-order valence-corrected chi connectivity index (χ3v) is 5.51. The Kier molecular flexibility index (Phi) is 3.73. The van der Waals surface area contributed by atoms with E-state index in [1.807, 2.05) is 44.2 Å². The van der Waals surface area contributed by atoms with Gasteiger partial charge in [-0.3, -0.25) is 4.84 Å². The Morgan fingerprint density at radius 2 is 1.88 bits per heavy atom. The second kappa shape index (κ2) is 5.70. The number of nitrogens with zero attached hydrogens (tertiary/aromatic N) is 1. The van der Waals surface area contributed by atoms with Crippen LogP contribution in [0.2, 0.25) is 0 Å². The van der Waals surface area contributed by atoms with Crippen LogP contribution in [0.1, 0.15) is 19.4 Å². The van der Waals surface area contributed by atoms with Crippen molar-refractivity contribution in [3.63, 3.8) is 0 Å². The van der Waals surface area contributed by atoms with Crippen LogP contribution < -0.4 is 0 Å². The van der Waals surface area contributed by atoms with Gasteiger partial charge in [0.1, 0.15) is 24.4 Å². The predicted octanol–water partition coefficient (Wildman–Crippen LogP) is 0.127. The monoisotopic (exact) mass is 365 g/mol. The Hall–Kier alpha value is -1.10. The van der Waals surface area contributed by atoms with Crippen molar-refractivity contribution in [2.24, 2.45) is 0 Å². The Bertz CT molecular complexity index is 685. The van der Waals surface area contributed by atoms with Crippen LogP contribution >= 0.6 is 0 Å². The molecular formula is C18H23NO7. The zero-order chi connectivity index (χ0) is 18.1. The molecule has 1 aromatic rings. The Morgan fingerprint density at radius 1 is 1.12 bits per heavy atom. The van der Waals surface area contributed by atoms with E-state index in [9.17, 15) is 10.2 Å². The van der Waals surface area contributed by atoms with E-state index in [-0.39, 0.29) is 12.7 Å². The van der Waals surface area contributed by atoms with Crippen molar-refractivity contribution in [2.75, 3.05) is 6.61 Å². The predicted molar refractivity (Wildman–Crippen MR) is 86.3 cm³/mol. The van der Waals surface area contributed by atoms with Gasteiger partial charge in [0, 0.05) is 6.54 Å². The summed E-state index contributed by atoms with van der Waals surface area (Å²) in [6, 6.07) is 9.12. The molecule has 4 aliphatic rings. The maximum atomic E-state index is 11.0. The number of hydrogen-bond donors (Lipinski definition) is 2. The minimum Gasteiger partial charge on any atom is -0.380 e. The first-order valence-corrected chi connectivity index (χ1v) is 8.88. The van der Waals surface area contributed by atoms with E-state index in [2.05, 4.69) is 0 Å². The van der Waals surface area contributed by atoms with Gasteiger partial charge in [-0.2, -0.15) is 5.06 Å². The molecule has 0 amide bonds. The van der Waals surface area contributed by atoms with Crippen molar-refractivity contribution in [1.29, 1.82) is 0 Å². The second-order valence-electron chi connectivity index (χ2n) is 7.80. The minimum atomic E-state index is -1.58. The van der Waals surface area contributed by atoms with Crippen LogP contribution in [-0.4, -0.2) is 70.2 Å². The molecule has 142 valence electrons. The molecule has 26 heavy (non-hydrogen) atoms. The van der Waals surface area contributed by atoms with Gasteiger partial charge in [-0.25, -0.2) is 0 Å². The third-order valence-electron chi connectivity index (χ3n) is 5.51. The molecule has 0 radical (unpaired) electrons. The van der Waals surface area contributed by atoms with Gasteiger partial charge >= 0.3 is 0 Å². The van der Waals surface area contributed by atoms with Gasteiger partial charge in [-0.1, -0.05) is 30.3 Å². The molecule has 8 heteroatoms. The summed E-state index contributed by atoms with van der Waals surface area (Å²) < 4.78 is 23.6. The van der Waals surface area contributed by atoms with Gasteiger partial charge in [-0.05, 0) is 19.4 Å². The Labute approximate surface area is 151 Å². The number of aliphatic hydroxyl groups excluding tert-OH is 1. The van der Waals surface area contributed by atoms with Crippen molar-refractivity contribution < 1.29 is 34.0 Å². The first-order chi connectivity index (χ1) is 12.4. The number of benzene rings is 1. The SMILES string of the molecule is CC1(C)O[C@H]2O[C@H]3[C@@H](OC[C@]4(O)C(O)ON(Cc5ccccc5)[C@H]34)[C@H]2O1. The van der Waals surface area contributed by atoms with E-state index in [1.54, 1.807) is 5.06 Å². The lowest BCUT2D eigenvalue weighted by molar-refractivity contribution is -0.260. The molecule has 0 aliphatic carbocycles. The van der Waals surface area contributed by atoms with Crippen LogP contribution in [0.15, 0.2) is 30.3 Å². The van der Waals surface area contributed by atoms with Crippen LogP contribution in [0.3, 0.4) is 0 Å². The molecule has 4 heterocycles. The molecule has 2 N–H and O–H groups in total. The summed E-state index contributed by atoms with van der Waals surface area (Å²) in [5.41, 5.74) is -0.580. The van der Waals surface area contributed by atoms with Crippen molar-refractivity contribution in [2.45, 2.75) is 68.7 Å². The molecule has 5 rings (SSSR count). The maximum absolute atomic E-state index is 11.0. The van der Waals surface area contributed by atoms with Crippen LogP contribution in [0, 0.1) is 0 Å². The molecule has 1 unspecified atom stereocenters. The van der Waals surface area contributed by atoms with E-state index in [1.165, 1.54) is 0 Å². The zero-order valence-corrected chi connectivity index (χ0v) is 14.6. The topological polar surface area (TPSA) is 89.9 Å². The first-order valence-electron chi connectivity index (χ1n) is 8.88. The lowest BCUT2D eigenvalue weighted by atomic mass is 9.85. The molecule has 7 atom stereocenters. The third kappa shape index (κ3) is 2.45.